The Hall–Kier alpha value is -1.39. The van der Waals surface area contributed by atoms with Crippen molar-refractivity contribution in [3.63, 3.8) is 0 Å². The summed E-state index contributed by atoms with van der Waals surface area (Å²) >= 11 is 0. The smallest absolute Gasteiger partial charge is 0.239 e. The fourth-order valence-electron chi connectivity index (χ4n) is 2.59. The maximum absolute atomic E-state index is 12.4. The Labute approximate surface area is 120 Å². The van der Waals surface area contributed by atoms with Crippen molar-refractivity contribution in [1.29, 1.82) is 0 Å². The number of rotatable bonds is 5. The standard InChI is InChI=1S/C16H24N2O2/c1-2-14-12-20-11-10-18(14)16(19)15(17)9-8-13-6-4-3-5-7-13/h3-7,14-15H,2,8-12,17H2,1H3/t14?,15-/m0/s1. The van der Waals surface area contributed by atoms with Gasteiger partial charge in [0.2, 0.25) is 5.91 Å². The number of aryl methyl sites for hydroxylation is 1. The van der Waals surface area contributed by atoms with Gasteiger partial charge in [-0.3, -0.25) is 4.79 Å². The molecule has 0 aliphatic carbocycles. The number of carbonyl (C=O) groups is 1. The van der Waals surface area contributed by atoms with Crippen LogP contribution in [0.3, 0.4) is 0 Å². The first kappa shape index (κ1) is 15.0. The highest BCUT2D eigenvalue weighted by molar-refractivity contribution is 5.82. The first-order valence-corrected chi connectivity index (χ1v) is 7.40. The Morgan fingerprint density at radius 2 is 2.20 bits per heavy atom. The summed E-state index contributed by atoms with van der Waals surface area (Å²) in [6.45, 7) is 3.99. The van der Waals surface area contributed by atoms with Crippen LogP contribution < -0.4 is 5.73 Å². The number of nitrogens with zero attached hydrogens (tertiary/aromatic N) is 1. The molecule has 4 nitrogen and oxygen atoms in total. The summed E-state index contributed by atoms with van der Waals surface area (Å²) in [5.41, 5.74) is 7.31. The van der Waals surface area contributed by atoms with Gasteiger partial charge in [-0.2, -0.15) is 0 Å². The summed E-state index contributed by atoms with van der Waals surface area (Å²) in [5.74, 6) is 0.0658. The van der Waals surface area contributed by atoms with Crippen molar-refractivity contribution in [3.05, 3.63) is 35.9 Å². The molecular weight excluding hydrogens is 252 g/mol. The largest absolute Gasteiger partial charge is 0.377 e. The fourth-order valence-corrected chi connectivity index (χ4v) is 2.59. The summed E-state index contributed by atoms with van der Waals surface area (Å²) in [5, 5.41) is 0. The van der Waals surface area contributed by atoms with Crippen LogP contribution >= 0.6 is 0 Å². The van der Waals surface area contributed by atoms with Gasteiger partial charge in [0, 0.05) is 6.54 Å². The van der Waals surface area contributed by atoms with Crippen molar-refractivity contribution >= 4 is 5.91 Å². The summed E-state index contributed by atoms with van der Waals surface area (Å²) < 4.78 is 5.43. The average Bonchev–Trinajstić information content (AvgIpc) is 2.52. The molecule has 0 saturated carbocycles. The summed E-state index contributed by atoms with van der Waals surface area (Å²) in [7, 11) is 0. The van der Waals surface area contributed by atoms with Crippen molar-refractivity contribution in [2.24, 2.45) is 5.73 Å². The van der Waals surface area contributed by atoms with E-state index in [1.54, 1.807) is 0 Å². The van der Waals surface area contributed by atoms with Gasteiger partial charge in [0.05, 0.1) is 25.3 Å². The molecule has 1 unspecified atom stereocenters. The molecule has 4 heteroatoms. The van der Waals surface area contributed by atoms with E-state index < -0.39 is 6.04 Å². The lowest BCUT2D eigenvalue weighted by Gasteiger charge is -2.36. The van der Waals surface area contributed by atoms with E-state index >= 15 is 0 Å². The zero-order valence-electron chi connectivity index (χ0n) is 12.1. The second-order valence-corrected chi connectivity index (χ2v) is 5.30. The molecule has 0 bridgehead atoms. The van der Waals surface area contributed by atoms with Gasteiger partial charge >= 0.3 is 0 Å². The Morgan fingerprint density at radius 3 is 2.90 bits per heavy atom. The fraction of sp³-hybridized carbons (Fsp3) is 0.562. The Kier molecular flexibility index (Phi) is 5.56. The highest BCUT2D eigenvalue weighted by Gasteiger charge is 2.29. The van der Waals surface area contributed by atoms with Crippen LogP contribution in [0.5, 0.6) is 0 Å². The van der Waals surface area contributed by atoms with Crippen LogP contribution in [-0.2, 0) is 16.0 Å². The Morgan fingerprint density at radius 1 is 1.45 bits per heavy atom. The summed E-state index contributed by atoms with van der Waals surface area (Å²) in [4.78, 5) is 14.3. The van der Waals surface area contributed by atoms with Crippen molar-refractivity contribution in [3.8, 4) is 0 Å². The monoisotopic (exact) mass is 276 g/mol. The molecule has 1 aromatic rings. The second kappa shape index (κ2) is 7.41. The lowest BCUT2D eigenvalue weighted by atomic mass is 10.0. The molecule has 2 atom stereocenters. The van der Waals surface area contributed by atoms with Gasteiger partial charge in [0.1, 0.15) is 0 Å². The third-order valence-electron chi connectivity index (χ3n) is 3.89. The van der Waals surface area contributed by atoms with Crippen LogP contribution in [0.1, 0.15) is 25.3 Å². The molecule has 0 spiro atoms. The zero-order valence-corrected chi connectivity index (χ0v) is 12.1. The number of hydrogen-bond acceptors (Lipinski definition) is 3. The van der Waals surface area contributed by atoms with Gasteiger partial charge in [-0.25, -0.2) is 0 Å². The van der Waals surface area contributed by atoms with Crippen molar-refractivity contribution in [2.45, 2.75) is 38.3 Å². The van der Waals surface area contributed by atoms with Crippen LogP contribution in [0.2, 0.25) is 0 Å². The molecule has 1 saturated heterocycles. The maximum Gasteiger partial charge on any atom is 0.239 e. The van der Waals surface area contributed by atoms with E-state index in [9.17, 15) is 4.79 Å². The molecule has 0 radical (unpaired) electrons. The van der Waals surface area contributed by atoms with E-state index in [4.69, 9.17) is 10.5 Å². The number of carbonyl (C=O) groups excluding carboxylic acids is 1. The molecule has 1 amide bonds. The Bertz CT molecular complexity index is 422. The molecule has 2 N–H and O–H groups in total. The Balaban J connectivity index is 1.87. The van der Waals surface area contributed by atoms with Gasteiger partial charge in [-0.1, -0.05) is 37.3 Å². The molecule has 1 aliphatic rings. The molecule has 1 aliphatic heterocycles. The SMILES string of the molecule is CCC1COCCN1C(=O)[C@@H](N)CCc1ccccc1. The van der Waals surface area contributed by atoms with Crippen molar-refractivity contribution in [1.82, 2.24) is 4.90 Å². The summed E-state index contributed by atoms with van der Waals surface area (Å²) in [6, 6.07) is 9.92. The molecule has 1 fully saturated rings. The molecule has 20 heavy (non-hydrogen) atoms. The molecule has 2 rings (SSSR count). The van der Waals surface area contributed by atoms with Crippen LogP contribution in [0.4, 0.5) is 0 Å². The van der Waals surface area contributed by atoms with Crippen LogP contribution in [-0.4, -0.2) is 42.6 Å². The van der Waals surface area contributed by atoms with E-state index in [0.29, 0.717) is 26.2 Å². The average molecular weight is 276 g/mol. The normalized spacial score (nSPS) is 20.7. The van der Waals surface area contributed by atoms with E-state index in [0.717, 1.165) is 12.8 Å². The highest BCUT2D eigenvalue weighted by atomic mass is 16.5. The molecule has 0 aromatic heterocycles. The number of morpholine rings is 1. The third kappa shape index (κ3) is 3.81. The van der Waals surface area contributed by atoms with Crippen LogP contribution in [0.25, 0.3) is 0 Å². The first-order chi connectivity index (χ1) is 9.72. The summed E-state index contributed by atoms with van der Waals surface area (Å²) in [6.07, 6.45) is 2.45. The minimum atomic E-state index is -0.414. The van der Waals surface area contributed by atoms with E-state index in [-0.39, 0.29) is 11.9 Å². The lowest BCUT2D eigenvalue weighted by Crippen LogP contribution is -2.53. The van der Waals surface area contributed by atoms with Crippen LogP contribution in [0, 0.1) is 0 Å². The maximum atomic E-state index is 12.4. The quantitative estimate of drug-likeness (QED) is 0.888. The molecule has 110 valence electrons. The van der Waals surface area contributed by atoms with Crippen LogP contribution in [0.15, 0.2) is 30.3 Å². The second-order valence-electron chi connectivity index (χ2n) is 5.30. The molecule has 1 heterocycles. The van der Waals surface area contributed by atoms with Gasteiger partial charge in [-0.05, 0) is 24.8 Å². The van der Waals surface area contributed by atoms with E-state index in [1.807, 2.05) is 23.1 Å². The van der Waals surface area contributed by atoms with Crippen molar-refractivity contribution < 1.29 is 9.53 Å². The van der Waals surface area contributed by atoms with E-state index in [1.165, 1.54) is 5.56 Å². The van der Waals surface area contributed by atoms with E-state index in [2.05, 4.69) is 19.1 Å². The number of ether oxygens (including phenoxy) is 1. The molecule has 1 aromatic carbocycles. The number of benzene rings is 1. The molecular formula is C16H24N2O2. The van der Waals surface area contributed by atoms with Gasteiger partial charge in [0.15, 0.2) is 0 Å². The predicted molar refractivity (Wildman–Crippen MR) is 79.3 cm³/mol. The zero-order chi connectivity index (χ0) is 14.4. The predicted octanol–water partition coefficient (Wildman–Crippen LogP) is 1.58. The third-order valence-corrected chi connectivity index (χ3v) is 3.89. The highest BCUT2D eigenvalue weighted by Crippen LogP contribution is 2.13. The topological polar surface area (TPSA) is 55.6 Å². The first-order valence-electron chi connectivity index (χ1n) is 7.40. The number of amides is 1. The van der Waals surface area contributed by atoms with Gasteiger partial charge in [0.25, 0.3) is 0 Å². The van der Waals surface area contributed by atoms with Gasteiger partial charge < -0.3 is 15.4 Å². The van der Waals surface area contributed by atoms with Crippen molar-refractivity contribution in [2.75, 3.05) is 19.8 Å². The minimum absolute atomic E-state index is 0.0658. The van der Waals surface area contributed by atoms with Gasteiger partial charge in [-0.15, -0.1) is 0 Å². The minimum Gasteiger partial charge on any atom is -0.377 e. The number of nitrogens with two attached hydrogens (primary N) is 1. The lowest BCUT2D eigenvalue weighted by molar-refractivity contribution is -0.141. The number of hydrogen-bond donors (Lipinski definition) is 1.